The molecular formula is C20H23N3O3. The molecule has 3 rings (SSSR count). The molecular weight excluding hydrogens is 330 g/mol. The van der Waals surface area contributed by atoms with Gasteiger partial charge in [0.15, 0.2) is 0 Å². The number of hydrogen-bond donors (Lipinski definition) is 0. The molecule has 0 aromatic heterocycles. The molecule has 0 atom stereocenters. The van der Waals surface area contributed by atoms with Crippen molar-refractivity contribution < 1.29 is 9.72 Å². The van der Waals surface area contributed by atoms with Gasteiger partial charge in [-0.25, -0.2) is 0 Å². The highest BCUT2D eigenvalue weighted by Crippen LogP contribution is 2.28. The zero-order valence-electron chi connectivity index (χ0n) is 15.1. The minimum atomic E-state index is -0.478. The molecule has 0 aliphatic carbocycles. The predicted molar refractivity (Wildman–Crippen MR) is 102 cm³/mol. The first kappa shape index (κ1) is 17.9. The summed E-state index contributed by atoms with van der Waals surface area (Å²) >= 11 is 0. The van der Waals surface area contributed by atoms with Gasteiger partial charge in [-0.3, -0.25) is 14.9 Å². The third kappa shape index (κ3) is 3.69. The number of rotatable bonds is 5. The maximum Gasteiger partial charge on any atom is 0.282 e. The van der Waals surface area contributed by atoms with Gasteiger partial charge in [0.25, 0.3) is 11.6 Å². The Morgan fingerprint density at radius 2 is 1.88 bits per heavy atom. The maximum absolute atomic E-state index is 12.8. The number of likely N-dealkylation sites (tertiary alicyclic amines) is 1. The number of carbonyl (C=O) groups excluding carboxylic acids is 1. The van der Waals surface area contributed by atoms with Crippen LogP contribution in [0.3, 0.4) is 0 Å². The van der Waals surface area contributed by atoms with Gasteiger partial charge in [0.2, 0.25) is 0 Å². The molecule has 2 aromatic rings. The standard InChI is InChI=1S/C20H23N3O3/c1-15-7-3-4-8-16(15)14-21(2)17-9-10-19(23(25)26)18(13-17)20(24)22-11-5-6-12-22/h3-4,7-10,13H,5-6,11-12,14H2,1-2H3. The van der Waals surface area contributed by atoms with E-state index in [-0.39, 0.29) is 17.2 Å². The van der Waals surface area contributed by atoms with E-state index in [4.69, 9.17) is 0 Å². The van der Waals surface area contributed by atoms with Gasteiger partial charge in [-0.15, -0.1) is 0 Å². The van der Waals surface area contributed by atoms with E-state index in [1.807, 2.05) is 24.1 Å². The smallest absolute Gasteiger partial charge is 0.282 e. The fraction of sp³-hybridized carbons (Fsp3) is 0.350. The second-order valence-corrected chi connectivity index (χ2v) is 6.74. The van der Waals surface area contributed by atoms with Crippen molar-refractivity contribution in [2.24, 2.45) is 0 Å². The summed E-state index contributed by atoms with van der Waals surface area (Å²) in [6, 6.07) is 12.9. The van der Waals surface area contributed by atoms with Crippen molar-refractivity contribution in [3.63, 3.8) is 0 Å². The summed E-state index contributed by atoms with van der Waals surface area (Å²) in [5.74, 6) is -0.250. The summed E-state index contributed by atoms with van der Waals surface area (Å²) in [7, 11) is 1.93. The topological polar surface area (TPSA) is 66.7 Å². The molecule has 6 nitrogen and oxygen atoms in total. The van der Waals surface area contributed by atoms with E-state index in [0.29, 0.717) is 19.6 Å². The molecule has 0 spiro atoms. The molecule has 0 saturated carbocycles. The van der Waals surface area contributed by atoms with E-state index in [0.717, 1.165) is 18.5 Å². The van der Waals surface area contributed by atoms with Crippen molar-refractivity contribution in [2.75, 3.05) is 25.0 Å². The molecule has 0 N–H and O–H groups in total. The van der Waals surface area contributed by atoms with Crippen molar-refractivity contribution in [1.29, 1.82) is 0 Å². The highest BCUT2D eigenvalue weighted by atomic mass is 16.6. The van der Waals surface area contributed by atoms with E-state index >= 15 is 0 Å². The van der Waals surface area contributed by atoms with Crippen LogP contribution in [0.15, 0.2) is 42.5 Å². The third-order valence-electron chi connectivity index (χ3n) is 4.91. The van der Waals surface area contributed by atoms with Gasteiger partial charge in [-0.05, 0) is 43.0 Å². The van der Waals surface area contributed by atoms with Crippen LogP contribution >= 0.6 is 0 Å². The summed E-state index contributed by atoms with van der Waals surface area (Å²) in [5.41, 5.74) is 3.21. The zero-order valence-corrected chi connectivity index (χ0v) is 15.1. The van der Waals surface area contributed by atoms with Crippen molar-refractivity contribution >= 4 is 17.3 Å². The number of aryl methyl sites for hydroxylation is 1. The summed E-state index contributed by atoms with van der Waals surface area (Å²) in [5, 5.41) is 11.4. The number of anilines is 1. The van der Waals surface area contributed by atoms with E-state index in [2.05, 4.69) is 19.1 Å². The first-order valence-electron chi connectivity index (χ1n) is 8.80. The Morgan fingerprint density at radius 1 is 1.19 bits per heavy atom. The van der Waals surface area contributed by atoms with E-state index in [1.165, 1.54) is 17.2 Å². The molecule has 1 fully saturated rings. The number of carbonyl (C=O) groups is 1. The van der Waals surface area contributed by atoms with Crippen molar-refractivity contribution in [2.45, 2.75) is 26.3 Å². The number of nitro groups is 1. The Balaban J connectivity index is 1.90. The molecule has 6 heteroatoms. The predicted octanol–water partition coefficient (Wildman–Crippen LogP) is 3.78. The summed E-state index contributed by atoms with van der Waals surface area (Å²) in [6.07, 6.45) is 1.90. The van der Waals surface area contributed by atoms with Crippen LogP contribution in [0.1, 0.15) is 34.3 Å². The van der Waals surface area contributed by atoms with Crippen LogP contribution in [-0.2, 0) is 6.54 Å². The number of nitro benzene ring substituents is 1. The number of amides is 1. The number of benzene rings is 2. The monoisotopic (exact) mass is 353 g/mol. The van der Waals surface area contributed by atoms with Gasteiger partial charge in [0, 0.05) is 38.4 Å². The minimum absolute atomic E-state index is 0.130. The van der Waals surface area contributed by atoms with Gasteiger partial charge in [-0.1, -0.05) is 24.3 Å². The van der Waals surface area contributed by atoms with Crippen LogP contribution in [0.25, 0.3) is 0 Å². The lowest BCUT2D eigenvalue weighted by molar-refractivity contribution is -0.385. The molecule has 0 bridgehead atoms. The van der Waals surface area contributed by atoms with Gasteiger partial charge in [0.05, 0.1) is 4.92 Å². The van der Waals surface area contributed by atoms with Crippen LogP contribution in [-0.4, -0.2) is 35.9 Å². The van der Waals surface area contributed by atoms with E-state index < -0.39 is 4.92 Å². The van der Waals surface area contributed by atoms with Gasteiger partial charge >= 0.3 is 0 Å². The molecule has 2 aromatic carbocycles. The Hall–Kier alpha value is -2.89. The third-order valence-corrected chi connectivity index (χ3v) is 4.91. The highest BCUT2D eigenvalue weighted by molar-refractivity contribution is 5.99. The molecule has 1 aliphatic rings. The lowest BCUT2D eigenvalue weighted by Gasteiger charge is -2.22. The normalized spacial score (nSPS) is 13.7. The Bertz CT molecular complexity index is 829. The fourth-order valence-electron chi connectivity index (χ4n) is 3.32. The lowest BCUT2D eigenvalue weighted by atomic mass is 10.1. The van der Waals surface area contributed by atoms with Crippen LogP contribution in [0.4, 0.5) is 11.4 Å². The molecule has 1 amide bonds. The lowest BCUT2D eigenvalue weighted by Crippen LogP contribution is -2.28. The minimum Gasteiger partial charge on any atom is -0.370 e. The highest BCUT2D eigenvalue weighted by Gasteiger charge is 2.27. The van der Waals surface area contributed by atoms with Crippen LogP contribution in [0.5, 0.6) is 0 Å². The molecule has 26 heavy (non-hydrogen) atoms. The fourth-order valence-corrected chi connectivity index (χ4v) is 3.32. The Kier molecular flexibility index (Phi) is 5.21. The van der Waals surface area contributed by atoms with Gasteiger partial charge in [0.1, 0.15) is 5.56 Å². The molecule has 1 aliphatic heterocycles. The van der Waals surface area contributed by atoms with Gasteiger partial charge in [-0.2, -0.15) is 0 Å². The second kappa shape index (κ2) is 7.56. The summed E-state index contributed by atoms with van der Waals surface area (Å²) < 4.78 is 0. The van der Waals surface area contributed by atoms with Crippen LogP contribution < -0.4 is 4.90 Å². The largest absolute Gasteiger partial charge is 0.370 e. The summed E-state index contributed by atoms with van der Waals surface area (Å²) in [4.78, 5) is 27.4. The van der Waals surface area contributed by atoms with Gasteiger partial charge < -0.3 is 9.80 Å². The average Bonchev–Trinajstić information content (AvgIpc) is 3.17. The first-order chi connectivity index (χ1) is 12.5. The zero-order chi connectivity index (χ0) is 18.7. The SMILES string of the molecule is Cc1ccccc1CN(C)c1ccc([N+](=O)[O-])c(C(=O)N2CCCC2)c1. The Labute approximate surface area is 153 Å². The van der Waals surface area contributed by atoms with Crippen molar-refractivity contribution in [3.8, 4) is 0 Å². The summed E-state index contributed by atoms with van der Waals surface area (Å²) in [6.45, 7) is 4.06. The number of hydrogen-bond acceptors (Lipinski definition) is 4. The van der Waals surface area contributed by atoms with Crippen LogP contribution in [0, 0.1) is 17.0 Å². The van der Waals surface area contributed by atoms with E-state index in [1.54, 1.807) is 17.0 Å². The number of nitrogens with zero attached hydrogens (tertiary/aromatic N) is 3. The second-order valence-electron chi connectivity index (χ2n) is 6.74. The molecule has 0 unspecified atom stereocenters. The van der Waals surface area contributed by atoms with Crippen LogP contribution in [0.2, 0.25) is 0 Å². The molecule has 1 saturated heterocycles. The van der Waals surface area contributed by atoms with Crippen molar-refractivity contribution in [1.82, 2.24) is 4.90 Å². The molecule has 0 radical (unpaired) electrons. The molecule has 1 heterocycles. The maximum atomic E-state index is 12.8. The Morgan fingerprint density at radius 3 is 2.54 bits per heavy atom. The van der Waals surface area contributed by atoms with E-state index in [9.17, 15) is 14.9 Å². The first-order valence-corrected chi connectivity index (χ1v) is 8.80. The molecule has 136 valence electrons. The quantitative estimate of drug-likeness (QED) is 0.606. The van der Waals surface area contributed by atoms with Crippen molar-refractivity contribution in [3.05, 3.63) is 69.3 Å². The average molecular weight is 353 g/mol.